The summed E-state index contributed by atoms with van der Waals surface area (Å²) >= 11 is 0. The van der Waals surface area contributed by atoms with Gasteiger partial charge in [-0.1, -0.05) is 30.3 Å². The lowest BCUT2D eigenvalue weighted by molar-refractivity contribution is -0.121. The first-order chi connectivity index (χ1) is 17.5. The summed E-state index contributed by atoms with van der Waals surface area (Å²) in [5.74, 6) is 0.258. The standard InChI is InChI=1S/C27H33N5O4/c1-19-30-24-5-3-4-23(26(24)27(35)32(19)22(18-33)10-11-25(34)28-2)29-16-20-6-8-21(9-7-20)17-31-12-14-36-15-13-31/h3-9,18,22,29H,10-17H2,1-2H3,(H,28,34). The smallest absolute Gasteiger partial charge is 0.264 e. The largest absolute Gasteiger partial charge is 0.380 e. The SMILES string of the molecule is CNC(=O)CCC(C=O)n1c(C)nc2cccc(NCc3ccc(CN4CCOCC4)cc3)c2c1=O. The average molecular weight is 492 g/mol. The summed E-state index contributed by atoms with van der Waals surface area (Å²) in [7, 11) is 1.54. The van der Waals surface area contributed by atoms with Crippen LogP contribution in [0, 0.1) is 6.92 Å². The molecule has 1 aliphatic rings. The molecule has 2 heterocycles. The summed E-state index contributed by atoms with van der Waals surface area (Å²) in [5.41, 5.74) is 3.28. The summed E-state index contributed by atoms with van der Waals surface area (Å²) in [6, 6.07) is 13.2. The van der Waals surface area contributed by atoms with Crippen LogP contribution in [0.25, 0.3) is 10.9 Å². The van der Waals surface area contributed by atoms with Crippen LogP contribution in [-0.2, 0) is 27.4 Å². The number of hydrogen-bond acceptors (Lipinski definition) is 7. The van der Waals surface area contributed by atoms with E-state index < -0.39 is 6.04 Å². The van der Waals surface area contributed by atoms with Crippen LogP contribution in [-0.4, -0.2) is 60.0 Å². The molecular weight excluding hydrogens is 458 g/mol. The number of carbonyl (C=O) groups excluding carboxylic acids is 2. The van der Waals surface area contributed by atoms with Crippen molar-refractivity contribution in [3.8, 4) is 0 Å². The Balaban J connectivity index is 1.53. The van der Waals surface area contributed by atoms with E-state index in [4.69, 9.17) is 4.74 Å². The van der Waals surface area contributed by atoms with Gasteiger partial charge in [0, 0.05) is 45.3 Å². The van der Waals surface area contributed by atoms with E-state index in [1.54, 1.807) is 20.0 Å². The number of anilines is 1. The van der Waals surface area contributed by atoms with Crippen molar-refractivity contribution < 1.29 is 14.3 Å². The molecule has 1 atom stereocenters. The van der Waals surface area contributed by atoms with Crippen molar-refractivity contribution in [2.75, 3.05) is 38.7 Å². The minimum atomic E-state index is -0.765. The molecule has 1 aliphatic heterocycles. The van der Waals surface area contributed by atoms with E-state index in [2.05, 4.69) is 44.8 Å². The molecule has 190 valence electrons. The van der Waals surface area contributed by atoms with Gasteiger partial charge in [-0.15, -0.1) is 0 Å². The Kier molecular flexibility index (Phi) is 8.45. The molecule has 2 aromatic carbocycles. The van der Waals surface area contributed by atoms with Crippen LogP contribution in [0.1, 0.15) is 35.8 Å². The van der Waals surface area contributed by atoms with Crippen molar-refractivity contribution in [1.29, 1.82) is 0 Å². The predicted molar refractivity (Wildman–Crippen MR) is 139 cm³/mol. The van der Waals surface area contributed by atoms with Crippen LogP contribution in [0.2, 0.25) is 0 Å². The molecular formula is C27H33N5O4. The Hall–Kier alpha value is -3.56. The first-order valence-electron chi connectivity index (χ1n) is 12.3. The predicted octanol–water partition coefficient (Wildman–Crippen LogP) is 2.42. The number of aryl methyl sites for hydroxylation is 1. The molecule has 9 nitrogen and oxygen atoms in total. The van der Waals surface area contributed by atoms with Gasteiger partial charge in [0.2, 0.25) is 5.91 Å². The second kappa shape index (κ2) is 11.9. The molecule has 0 radical (unpaired) electrons. The molecule has 0 aliphatic carbocycles. The Morgan fingerprint density at radius 3 is 2.56 bits per heavy atom. The summed E-state index contributed by atoms with van der Waals surface area (Å²) in [4.78, 5) is 44.1. The fraction of sp³-hybridized carbons (Fsp3) is 0.407. The van der Waals surface area contributed by atoms with Crippen molar-refractivity contribution in [2.45, 2.75) is 38.9 Å². The lowest BCUT2D eigenvalue weighted by atomic mass is 10.1. The van der Waals surface area contributed by atoms with Crippen LogP contribution in [0.5, 0.6) is 0 Å². The first kappa shape index (κ1) is 25.5. The van der Waals surface area contributed by atoms with Crippen LogP contribution in [0.15, 0.2) is 47.3 Å². The van der Waals surface area contributed by atoms with Crippen molar-refractivity contribution in [3.05, 3.63) is 69.8 Å². The summed E-state index contributed by atoms with van der Waals surface area (Å²) in [6.45, 7) is 6.62. The Bertz CT molecular complexity index is 1270. The fourth-order valence-electron chi connectivity index (χ4n) is 4.53. The van der Waals surface area contributed by atoms with E-state index in [1.165, 1.54) is 10.1 Å². The first-order valence-corrected chi connectivity index (χ1v) is 12.3. The number of fused-ring (bicyclic) bond motifs is 1. The topological polar surface area (TPSA) is 106 Å². The van der Waals surface area contributed by atoms with Gasteiger partial charge in [-0.3, -0.25) is 19.1 Å². The molecule has 2 N–H and O–H groups in total. The number of benzene rings is 2. The highest BCUT2D eigenvalue weighted by atomic mass is 16.5. The van der Waals surface area contributed by atoms with Gasteiger partial charge in [-0.2, -0.15) is 0 Å². The lowest BCUT2D eigenvalue weighted by Gasteiger charge is -2.26. The van der Waals surface area contributed by atoms with E-state index in [1.807, 2.05) is 12.1 Å². The number of morpholine rings is 1. The highest BCUT2D eigenvalue weighted by Crippen LogP contribution is 2.22. The van der Waals surface area contributed by atoms with E-state index in [9.17, 15) is 14.4 Å². The van der Waals surface area contributed by atoms with Crippen LogP contribution in [0.4, 0.5) is 5.69 Å². The van der Waals surface area contributed by atoms with Gasteiger partial charge >= 0.3 is 0 Å². The Morgan fingerprint density at radius 1 is 1.14 bits per heavy atom. The van der Waals surface area contributed by atoms with E-state index in [0.29, 0.717) is 35.2 Å². The van der Waals surface area contributed by atoms with E-state index in [0.717, 1.165) is 38.4 Å². The molecule has 0 spiro atoms. The van der Waals surface area contributed by atoms with Crippen LogP contribution < -0.4 is 16.2 Å². The molecule has 0 saturated carbocycles. The number of nitrogens with zero attached hydrogens (tertiary/aromatic N) is 3. The van der Waals surface area contributed by atoms with Crippen molar-refractivity contribution >= 4 is 28.8 Å². The maximum atomic E-state index is 13.5. The van der Waals surface area contributed by atoms with Gasteiger partial charge in [-0.05, 0) is 36.6 Å². The lowest BCUT2D eigenvalue weighted by Crippen LogP contribution is -2.35. The zero-order valence-corrected chi connectivity index (χ0v) is 20.8. The molecule has 1 amide bonds. The molecule has 1 aromatic heterocycles. The number of nitrogens with one attached hydrogen (secondary N) is 2. The monoisotopic (exact) mass is 491 g/mol. The summed E-state index contributed by atoms with van der Waals surface area (Å²) < 4.78 is 6.81. The molecule has 1 saturated heterocycles. The maximum Gasteiger partial charge on any atom is 0.264 e. The number of rotatable bonds is 10. The third kappa shape index (κ3) is 5.98. The van der Waals surface area contributed by atoms with Crippen molar-refractivity contribution in [1.82, 2.24) is 19.8 Å². The second-order valence-corrected chi connectivity index (χ2v) is 9.01. The number of aromatic nitrogens is 2. The Morgan fingerprint density at radius 2 is 1.86 bits per heavy atom. The minimum absolute atomic E-state index is 0.144. The number of ether oxygens (including phenoxy) is 1. The van der Waals surface area contributed by atoms with Gasteiger partial charge < -0.3 is 20.2 Å². The zero-order valence-electron chi connectivity index (χ0n) is 20.8. The Labute approximate surface area is 210 Å². The zero-order chi connectivity index (χ0) is 25.5. The second-order valence-electron chi connectivity index (χ2n) is 9.01. The molecule has 36 heavy (non-hydrogen) atoms. The normalized spacial score (nSPS) is 14.9. The van der Waals surface area contributed by atoms with Crippen LogP contribution in [0.3, 0.4) is 0 Å². The molecule has 3 aromatic rings. The number of hydrogen-bond donors (Lipinski definition) is 2. The van der Waals surface area contributed by atoms with E-state index in [-0.39, 0.29) is 24.3 Å². The molecule has 1 unspecified atom stereocenters. The van der Waals surface area contributed by atoms with E-state index >= 15 is 0 Å². The third-order valence-corrected chi connectivity index (χ3v) is 6.56. The van der Waals surface area contributed by atoms with Gasteiger partial charge in [0.05, 0.1) is 30.2 Å². The van der Waals surface area contributed by atoms with Gasteiger partial charge in [0.1, 0.15) is 12.1 Å². The number of carbonyl (C=O) groups is 2. The third-order valence-electron chi connectivity index (χ3n) is 6.56. The number of aldehydes is 1. The van der Waals surface area contributed by atoms with Crippen molar-refractivity contribution in [2.24, 2.45) is 0 Å². The van der Waals surface area contributed by atoms with Gasteiger partial charge in [0.25, 0.3) is 5.56 Å². The van der Waals surface area contributed by atoms with Gasteiger partial charge in [0.15, 0.2) is 0 Å². The molecule has 1 fully saturated rings. The molecule has 4 rings (SSSR count). The highest BCUT2D eigenvalue weighted by molar-refractivity contribution is 5.90. The summed E-state index contributed by atoms with van der Waals surface area (Å²) in [5, 5.41) is 6.35. The fourth-order valence-corrected chi connectivity index (χ4v) is 4.53. The minimum Gasteiger partial charge on any atom is -0.380 e. The molecule has 9 heteroatoms. The van der Waals surface area contributed by atoms with Gasteiger partial charge in [-0.25, -0.2) is 4.98 Å². The van der Waals surface area contributed by atoms with Crippen LogP contribution >= 0.6 is 0 Å². The maximum absolute atomic E-state index is 13.5. The molecule has 0 bridgehead atoms. The van der Waals surface area contributed by atoms with Crippen molar-refractivity contribution in [3.63, 3.8) is 0 Å². The summed E-state index contributed by atoms with van der Waals surface area (Å²) in [6.07, 6.45) is 1.08. The average Bonchev–Trinajstić information content (AvgIpc) is 2.90. The highest BCUT2D eigenvalue weighted by Gasteiger charge is 2.19. The quantitative estimate of drug-likeness (QED) is 0.420. The number of amides is 1.